The molecule has 0 spiro atoms. The number of halogens is 1. The highest BCUT2D eigenvalue weighted by molar-refractivity contribution is 5.82. The fourth-order valence-corrected chi connectivity index (χ4v) is 3.80. The Balaban J connectivity index is 1.45. The Labute approximate surface area is 206 Å². The van der Waals surface area contributed by atoms with Crippen LogP contribution in [0, 0.1) is 5.82 Å². The first kappa shape index (κ1) is 23.4. The third kappa shape index (κ3) is 5.01. The number of tetrazole rings is 1. The maximum absolute atomic E-state index is 14.6. The molecule has 184 valence electrons. The molecule has 0 N–H and O–H groups in total. The Morgan fingerprint density at radius 3 is 2.75 bits per heavy atom. The van der Waals surface area contributed by atoms with Crippen molar-refractivity contribution in [2.45, 2.75) is 19.6 Å². The second-order valence-electron chi connectivity index (χ2n) is 8.08. The normalized spacial score (nSPS) is 12.1. The molecule has 0 saturated heterocycles. The van der Waals surface area contributed by atoms with Crippen LogP contribution >= 0.6 is 0 Å². The van der Waals surface area contributed by atoms with E-state index < -0.39 is 5.82 Å². The molecule has 0 aliphatic rings. The summed E-state index contributed by atoms with van der Waals surface area (Å²) < 4.78 is 34.6. The van der Waals surface area contributed by atoms with Crippen LogP contribution in [0.1, 0.15) is 6.92 Å². The number of nitrogens with zero attached hydrogens (tertiary/aromatic N) is 7. The van der Waals surface area contributed by atoms with E-state index in [2.05, 4.69) is 20.6 Å². The third-order valence-corrected chi connectivity index (χ3v) is 5.48. The predicted octanol–water partition coefficient (Wildman–Crippen LogP) is 3.68. The molecule has 0 radical (unpaired) electrons. The first-order valence-electron chi connectivity index (χ1n) is 11.4. The topological polar surface area (TPSA) is 101 Å². The summed E-state index contributed by atoms with van der Waals surface area (Å²) in [6, 6.07) is 14.2. The van der Waals surface area contributed by atoms with Crippen LogP contribution in [0.2, 0.25) is 0 Å². The Morgan fingerprint density at radius 1 is 1.03 bits per heavy atom. The van der Waals surface area contributed by atoms with Gasteiger partial charge in [-0.3, -0.25) is 0 Å². The van der Waals surface area contributed by atoms with Crippen molar-refractivity contribution < 1.29 is 18.6 Å². The Kier molecular flexibility index (Phi) is 6.80. The summed E-state index contributed by atoms with van der Waals surface area (Å²) in [5.74, 6) is 0.377. The van der Waals surface area contributed by atoms with Gasteiger partial charge in [-0.2, -0.15) is 5.10 Å². The lowest BCUT2D eigenvalue weighted by molar-refractivity contribution is 0.146. The number of hydrogen-bond donors (Lipinski definition) is 0. The van der Waals surface area contributed by atoms with E-state index in [4.69, 9.17) is 19.2 Å². The van der Waals surface area contributed by atoms with Gasteiger partial charge in [0.1, 0.15) is 24.8 Å². The van der Waals surface area contributed by atoms with Crippen molar-refractivity contribution in [2.24, 2.45) is 0 Å². The van der Waals surface area contributed by atoms with E-state index in [9.17, 15) is 4.39 Å². The molecule has 0 saturated carbocycles. The Hall–Kier alpha value is -4.38. The van der Waals surface area contributed by atoms with Crippen LogP contribution in [0.3, 0.4) is 0 Å². The molecule has 5 rings (SSSR count). The van der Waals surface area contributed by atoms with E-state index >= 15 is 0 Å². The molecular formula is C25H24FN7O3. The van der Waals surface area contributed by atoms with Gasteiger partial charge in [0.2, 0.25) is 0 Å². The second kappa shape index (κ2) is 10.5. The fraction of sp³-hybridized carbons (Fsp3) is 0.240. The van der Waals surface area contributed by atoms with Gasteiger partial charge >= 0.3 is 0 Å². The van der Waals surface area contributed by atoms with Crippen molar-refractivity contribution in [1.82, 2.24) is 34.8 Å². The molecule has 0 aliphatic carbocycles. The maximum Gasteiger partial charge on any atom is 0.165 e. The van der Waals surface area contributed by atoms with Crippen molar-refractivity contribution in [3.8, 4) is 33.9 Å². The van der Waals surface area contributed by atoms with Crippen LogP contribution in [0.25, 0.3) is 28.0 Å². The molecule has 3 heterocycles. The van der Waals surface area contributed by atoms with Crippen LogP contribution in [0.5, 0.6) is 11.5 Å². The summed E-state index contributed by atoms with van der Waals surface area (Å²) in [5, 5.41) is 15.5. The quantitative estimate of drug-likeness (QED) is 0.274. The molecule has 0 fully saturated rings. The average molecular weight is 490 g/mol. The highest BCUT2D eigenvalue weighted by Gasteiger charge is 2.16. The number of methoxy groups -OCH3 is 1. The lowest BCUT2D eigenvalue weighted by Gasteiger charge is -2.15. The zero-order valence-electron chi connectivity index (χ0n) is 19.8. The van der Waals surface area contributed by atoms with Crippen LogP contribution < -0.4 is 9.47 Å². The number of hydrogen-bond acceptors (Lipinski definition) is 8. The lowest BCUT2D eigenvalue weighted by Crippen LogP contribution is -2.20. The number of para-hydroxylation sites is 1. The number of ether oxygens (including phenoxy) is 3. The van der Waals surface area contributed by atoms with Gasteiger partial charge < -0.3 is 14.2 Å². The fourth-order valence-electron chi connectivity index (χ4n) is 3.80. The molecular weight excluding hydrogens is 465 g/mol. The van der Waals surface area contributed by atoms with E-state index in [-0.39, 0.29) is 11.9 Å². The van der Waals surface area contributed by atoms with Crippen LogP contribution in [0.4, 0.5) is 4.39 Å². The molecule has 0 bridgehead atoms. The smallest absolute Gasteiger partial charge is 0.165 e. The van der Waals surface area contributed by atoms with Gasteiger partial charge in [0.25, 0.3) is 0 Å². The van der Waals surface area contributed by atoms with Crippen LogP contribution in [-0.4, -0.2) is 61.2 Å². The van der Waals surface area contributed by atoms with Gasteiger partial charge in [0, 0.05) is 24.4 Å². The highest BCUT2D eigenvalue weighted by atomic mass is 19.1. The van der Waals surface area contributed by atoms with Gasteiger partial charge in [-0.15, -0.1) is 5.10 Å². The average Bonchev–Trinajstić information content (AvgIpc) is 3.55. The largest absolute Gasteiger partial charge is 0.491 e. The Bertz CT molecular complexity index is 1460. The van der Waals surface area contributed by atoms with E-state index in [1.807, 2.05) is 43.5 Å². The van der Waals surface area contributed by atoms with Gasteiger partial charge in [0.05, 0.1) is 30.6 Å². The van der Waals surface area contributed by atoms with Gasteiger partial charge in [-0.1, -0.05) is 18.2 Å². The van der Waals surface area contributed by atoms with Gasteiger partial charge in [-0.25, -0.2) is 18.6 Å². The van der Waals surface area contributed by atoms with Gasteiger partial charge in [-0.05, 0) is 47.7 Å². The maximum atomic E-state index is 14.6. The Morgan fingerprint density at radius 2 is 1.92 bits per heavy atom. The number of benzene rings is 2. The summed E-state index contributed by atoms with van der Waals surface area (Å²) in [4.78, 5) is 4.84. The minimum atomic E-state index is -0.462. The van der Waals surface area contributed by atoms with E-state index in [0.29, 0.717) is 42.4 Å². The zero-order chi connectivity index (χ0) is 24.9. The van der Waals surface area contributed by atoms with E-state index in [0.717, 1.165) is 11.1 Å². The summed E-state index contributed by atoms with van der Waals surface area (Å²) >= 11 is 0. The predicted molar refractivity (Wildman–Crippen MR) is 129 cm³/mol. The van der Waals surface area contributed by atoms with Crippen molar-refractivity contribution in [2.75, 3.05) is 20.3 Å². The summed E-state index contributed by atoms with van der Waals surface area (Å²) in [6.07, 6.45) is 4.70. The summed E-state index contributed by atoms with van der Waals surface area (Å²) in [6.45, 7) is 3.11. The van der Waals surface area contributed by atoms with Crippen LogP contribution in [0.15, 0.2) is 67.3 Å². The highest BCUT2D eigenvalue weighted by Crippen LogP contribution is 2.33. The van der Waals surface area contributed by atoms with Gasteiger partial charge in [0.15, 0.2) is 17.2 Å². The molecule has 10 nitrogen and oxygen atoms in total. The molecule has 0 unspecified atom stereocenters. The molecule has 0 aliphatic heterocycles. The third-order valence-electron chi connectivity index (χ3n) is 5.48. The number of fused-ring (bicyclic) bond motifs is 1. The number of aromatic nitrogens is 7. The monoisotopic (exact) mass is 489 g/mol. The first-order chi connectivity index (χ1) is 17.6. The van der Waals surface area contributed by atoms with E-state index in [1.54, 1.807) is 30.0 Å². The number of rotatable bonds is 10. The first-order valence-corrected chi connectivity index (χ1v) is 11.4. The summed E-state index contributed by atoms with van der Waals surface area (Å²) in [5.41, 5.74) is 3.70. The van der Waals surface area contributed by atoms with Crippen molar-refractivity contribution in [1.29, 1.82) is 0 Å². The molecule has 3 aromatic heterocycles. The second-order valence-corrected chi connectivity index (χ2v) is 8.08. The van der Waals surface area contributed by atoms with Crippen molar-refractivity contribution in [3.63, 3.8) is 0 Å². The van der Waals surface area contributed by atoms with Crippen LogP contribution in [-0.2, 0) is 11.3 Å². The minimum absolute atomic E-state index is 0.125. The van der Waals surface area contributed by atoms with Crippen molar-refractivity contribution >= 4 is 5.65 Å². The molecule has 0 amide bonds. The molecule has 5 aromatic rings. The SMILES string of the molecule is COCCOc1ccccc1-c1cnn2ccc(-c3ccc(F)c(O[C@@H](C)Cn4cnnn4)c3)nc12. The molecule has 2 aromatic carbocycles. The van der Waals surface area contributed by atoms with E-state index in [1.165, 1.54) is 17.1 Å². The van der Waals surface area contributed by atoms with Crippen molar-refractivity contribution in [3.05, 3.63) is 73.1 Å². The molecule has 36 heavy (non-hydrogen) atoms. The minimum Gasteiger partial charge on any atom is -0.491 e. The standard InChI is InChI=1S/C25H24FN7O3/c1-17(15-32-16-27-30-31-32)36-24-13-18(7-8-21(24)26)22-9-10-33-25(29-22)20(14-28-33)19-5-3-4-6-23(19)35-12-11-34-2/h3-10,13-14,16-17H,11-12,15H2,1-2H3/t17-/m0/s1. The molecule has 11 heteroatoms. The zero-order valence-corrected chi connectivity index (χ0v) is 19.8. The lowest BCUT2D eigenvalue weighted by atomic mass is 10.1. The molecule has 1 atom stereocenters. The summed E-state index contributed by atoms with van der Waals surface area (Å²) in [7, 11) is 1.63.